The van der Waals surface area contributed by atoms with E-state index in [-0.39, 0.29) is 0 Å². The second-order valence-corrected chi connectivity index (χ2v) is 3.98. The zero-order valence-electron chi connectivity index (χ0n) is 8.09. The highest BCUT2D eigenvalue weighted by Gasteiger charge is 2.04. The molecule has 1 aromatic rings. The maximum absolute atomic E-state index is 6.08. The summed E-state index contributed by atoms with van der Waals surface area (Å²) in [5.41, 5.74) is 2.64. The summed E-state index contributed by atoms with van der Waals surface area (Å²) < 4.78 is 0. The molecule has 0 amide bonds. The molecule has 0 bridgehead atoms. The van der Waals surface area contributed by atoms with Gasteiger partial charge in [-0.3, -0.25) is 0 Å². The van der Waals surface area contributed by atoms with Gasteiger partial charge in [0.2, 0.25) is 0 Å². The first-order chi connectivity index (χ1) is 6.86. The monoisotopic (exact) mass is 207 g/mol. The Hall–Kier alpha value is -0.790. The lowest BCUT2D eigenvalue weighted by molar-refractivity contribution is 0.613. The van der Waals surface area contributed by atoms with Gasteiger partial charge >= 0.3 is 0 Å². The number of rotatable bonds is 1. The molecule has 1 aliphatic heterocycles. The summed E-state index contributed by atoms with van der Waals surface area (Å²) in [5.74, 6) is 0. The van der Waals surface area contributed by atoms with E-state index in [1.165, 1.54) is 5.57 Å². The Morgan fingerprint density at radius 2 is 1.86 bits per heavy atom. The Bertz CT molecular complexity index is 336. The lowest BCUT2D eigenvalue weighted by Crippen LogP contribution is -2.22. The molecule has 0 aliphatic carbocycles. The Balaban J connectivity index is 2.19. The predicted octanol–water partition coefficient (Wildman–Crippen LogP) is 3.11. The number of piperidine rings is 1. The van der Waals surface area contributed by atoms with Crippen molar-refractivity contribution < 1.29 is 0 Å². The van der Waals surface area contributed by atoms with Crippen molar-refractivity contribution in [2.75, 3.05) is 13.1 Å². The molecule has 1 nitrogen and oxygen atoms in total. The first-order valence-corrected chi connectivity index (χ1v) is 5.39. The van der Waals surface area contributed by atoms with E-state index in [0.717, 1.165) is 36.5 Å². The van der Waals surface area contributed by atoms with Crippen molar-refractivity contribution in [3.8, 4) is 0 Å². The zero-order chi connectivity index (χ0) is 9.80. The summed E-state index contributed by atoms with van der Waals surface area (Å²) in [4.78, 5) is 0. The average Bonchev–Trinajstić information content (AvgIpc) is 2.23. The highest BCUT2D eigenvalue weighted by atomic mass is 35.5. The summed E-state index contributed by atoms with van der Waals surface area (Å²) in [5, 5.41) is 4.19. The van der Waals surface area contributed by atoms with Crippen LogP contribution in [0.1, 0.15) is 18.4 Å². The van der Waals surface area contributed by atoms with Crippen LogP contribution >= 0.6 is 11.6 Å². The van der Waals surface area contributed by atoms with Crippen LogP contribution in [0.4, 0.5) is 0 Å². The molecule has 14 heavy (non-hydrogen) atoms. The molecule has 0 spiro atoms. The van der Waals surface area contributed by atoms with Crippen molar-refractivity contribution in [2.24, 2.45) is 0 Å². The van der Waals surface area contributed by atoms with Crippen LogP contribution in [0.25, 0.3) is 6.08 Å². The molecule has 2 heteroatoms. The molecule has 1 heterocycles. The van der Waals surface area contributed by atoms with E-state index in [0.29, 0.717) is 0 Å². The van der Waals surface area contributed by atoms with Crippen molar-refractivity contribution in [1.82, 2.24) is 5.32 Å². The molecule has 1 N–H and O–H groups in total. The topological polar surface area (TPSA) is 12.0 Å². The van der Waals surface area contributed by atoms with Crippen molar-refractivity contribution >= 4 is 17.7 Å². The number of nitrogens with one attached hydrogen (secondary N) is 1. The molecule has 1 saturated heterocycles. The van der Waals surface area contributed by atoms with Gasteiger partial charge < -0.3 is 5.32 Å². The first-order valence-electron chi connectivity index (χ1n) is 5.01. The van der Waals surface area contributed by atoms with E-state index in [9.17, 15) is 0 Å². The van der Waals surface area contributed by atoms with E-state index in [1.54, 1.807) is 0 Å². The minimum Gasteiger partial charge on any atom is -0.316 e. The minimum atomic E-state index is 0.846. The maximum atomic E-state index is 6.08. The van der Waals surface area contributed by atoms with Crippen LogP contribution in [0, 0.1) is 0 Å². The van der Waals surface area contributed by atoms with Crippen LogP contribution < -0.4 is 5.32 Å². The highest BCUT2D eigenvalue weighted by Crippen LogP contribution is 2.21. The third-order valence-electron chi connectivity index (χ3n) is 2.51. The Morgan fingerprint density at radius 1 is 1.14 bits per heavy atom. The molecule has 0 atom stereocenters. The Kier molecular flexibility index (Phi) is 3.22. The molecular formula is C12H14ClN. The number of benzene rings is 1. The van der Waals surface area contributed by atoms with Gasteiger partial charge in [0, 0.05) is 5.02 Å². The van der Waals surface area contributed by atoms with Crippen molar-refractivity contribution in [3.05, 3.63) is 40.4 Å². The van der Waals surface area contributed by atoms with E-state index in [2.05, 4.69) is 17.5 Å². The number of halogens is 1. The van der Waals surface area contributed by atoms with Gasteiger partial charge in [-0.25, -0.2) is 0 Å². The van der Waals surface area contributed by atoms with Crippen molar-refractivity contribution in [3.63, 3.8) is 0 Å². The Labute approximate surface area is 89.8 Å². The largest absolute Gasteiger partial charge is 0.316 e. The molecule has 2 rings (SSSR count). The zero-order valence-corrected chi connectivity index (χ0v) is 8.85. The standard InChI is InChI=1S/C12H14ClN/c13-12-4-2-1-3-11(12)9-10-5-7-14-8-6-10/h1-4,9,14H,5-8H2. The first kappa shape index (κ1) is 9.75. The molecule has 0 aromatic heterocycles. The van der Waals surface area contributed by atoms with Crippen molar-refractivity contribution in [1.29, 1.82) is 0 Å². The molecule has 0 unspecified atom stereocenters. The fraction of sp³-hybridized carbons (Fsp3) is 0.333. The summed E-state index contributed by atoms with van der Waals surface area (Å²) in [6.45, 7) is 2.19. The number of hydrogen-bond donors (Lipinski definition) is 1. The SMILES string of the molecule is Clc1ccccc1C=C1CCNCC1. The second kappa shape index (κ2) is 4.63. The van der Waals surface area contributed by atoms with E-state index in [1.807, 2.05) is 18.2 Å². The van der Waals surface area contributed by atoms with Crippen LogP contribution in [-0.2, 0) is 0 Å². The predicted molar refractivity (Wildman–Crippen MR) is 61.5 cm³/mol. The normalized spacial score (nSPS) is 16.8. The summed E-state index contributed by atoms with van der Waals surface area (Å²) >= 11 is 6.08. The van der Waals surface area contributed by atoms with Gasteiger partial charge in [0.15, 0.2) is 0 Å². The fourth-order valence-corrected chi connectivity index (χ4v) is 1.89. The maximum Gasteiger partial charge on any atom is 0.0478 e. The smallest absolute Gasteiger partial charge is 0.0478 e. The van der Waals surface area contributed by atoms with Gasteiger partial charge in [-0.15, -0.1) is 0 Å². The lowest BCUT2D eigenvalue weighted by Gasteiger charge is -2.15. The third kappa shape index (κ3) is 2.37. The van der Waals surface area contributed by atoms with Gasteiger partial charge in [-0.1, -0.05) is 41.4 Å². The van der Waals surface area contributed by atoms with Gasteiger partial charge in [0.1, 0.15) is 0 Å². The van der Waals surface area contributed by atoms with Gasteiger partial charge in [-0.2, -0.15) is 0 Å². The van der Waals surface area contributed by atoms with E-state index in [4.69, 9.17) is 11.6 Å². The molecule has 1 fully saturated rings. The molecule has 1 aromatic carbocycles. The average molecular weight is 208 g/mol. The van der Waals surface area contributed by atoms with E-state index >= 15 is 0 Å². The van der Waals surface area contributed by atoms with Gasteiger partial charge in [0.25, 0.3) is 0 Å². The van der Waals surface area contributed by atoms with Crippen LogP contribution in [0.3, 0.4) is 0 Å². The fourth-order valence-electron chi connectivity index (χ4n) is 1.70. The molecule has 74 valence electrons. The second-order valence-electron chi connectivity index (χ2n) is 3.57. The molecule has 1 aliphatic rings. The molecule has 0 saturated carbocycles. The quantitative estimate of drug-likeness (QED) is 0.746. The van der Waals surface area contributed by atoms with Crippen LogP contribution in [0.5, 0.6) is 0 Å². The molecular weight excluding hydrogens is 194 g/mol. The summed E-state index contributed by atoms with van der Waals surface area (Å²) in [6.07, 6.45) is 4.51. The minimum absolute atomic E-state index is 0.846. The third-order valence-corrected chi connectivity index (χ3v) is 2.85. The van der Waals surface area contributed by atoms with Crippen LogP contribution in [0.2, 0.25) is 5.02 Å². The summed E-state index contributed by atoms with van der Waals surface area (Å²) in [6, 6.07) is 8.00. The van der Waals surface area contributed by atoms with Gasteiger partial charge in [0.05, 0.1) is 0 Å². The van der Waals surface area contributed by atoms with Crippen LogP contribution in [-0.4, -0.2) is 13.1 Å². The highest BCUT2D eigenvalue weighted by molar-refractivity contribution is 6.32. The Morgan fingerprint density at radius 3 is 2.57 bits per heavy atom. The molecule has 0 radical (unpaired) electrons. The van der Waals surface area contributed by atoms with Crippen LogP contribution in [0.15, 0.2) is 29.8 Å². The van der Waals surface area contributed by atoms with Crippen molar-refractivity contribution in [2.45, 2.75) is 12.8 Å². The number of hydrogen-bond acceptors (Lipinski definition) is 1. The van der Waals surface area contributed by atoms with E-state index < -0.39 is 0 Å². The van der Waals surface area contributed by atoms with Gasteiger partial charge in [-0.05, 0) is 37.6 Å². The summed E-state index contributed by atoms with van der Waals surface area (Å²) in [7, 11) is 0. The lowest BCUT2D eigenvalue weighted by atomic mass is 10.0.